The van der Waals surface area contributed by atoms with Crippen molar-refractivity contribution in [2.45, 2.75) is 6.92 Å². The van der Waals surface area contributed by atoms with Gasteiger partial charge in [0.05, 0.1) is 21.4 Å². The van der Waals surface area contributed by atoms with Crippen molar-refractivity contribution in [3.05, 3.63) is 41.8 Å². The minimum absolute atomic E-state index is 0.0463. The molecule has 0 unspecified atom stereocenters. The van der Waals surface area contributed by atoms with Crippen LogP contribution in [-0.4, -0.2) is 27.6 Å². The van der Waals surface area contributed by atoms with Crippen LogP contribution >= 0.6 is 69.6 Å². The number of amidine groups is 1. The van der Waals surface area contributed by atoms with Crippen LogP contribution in [0.5, 0.6) is 0 Å². The average molecular weight is 535 g/mol. The third-order valence-electron chi connectivity index (χ3n) is 3.26. The second kappa shape index (κ2) is 9.90. The molecule has 0 radical (unpaired) electrons. The van der Waals surface area contributed by atoms with E-state index >= 15 is 0 Å². The lowest BCUT2D eigenvalue weighted by molar-refractivity contribution is 0.0938. The van der Waals surface area contributed by atoms with Gasteiger partial charge in [0.15, 0.2) is 21.7 Å². The molecule has 10 nitrogen and oxygen atoms in total. The molecule has 0 atom stereocenters. The van der Waals surface area contributed by atoms with Gasteiger partial charge in [-0.05, 0) is 6.92 Å². The summed E-state index contributed by atoms with van der Waals surface area (Å²) in [6.45, 7) is 1.41. The van der Waals surface area contributed by atoms with Crippen LogP contribution in [0.1, 0.15) is 27.9 Å². The molecule has 160 valence electrons. The van der Waals surface area contributed by atoms with Crippen LogP contribution in [0.3, 0.4) is 0 Å². The fourth-order valence-electron chi connectivity index (χ4n) is 1.79. The van der Waals surface area contributed by atoms with Gasteiger partial charge in [-0.3, -0.25) is 20.4 Å². The van der Waals surface area contributed by atoms with E-state index in [1.54, 1.807) is 0 Å². The number of hydrogen-bond acceptors (Lipinski definition) is 7. The Morgan fingerprint density at radius 3 is 1.67 bits per heavy atom. The van der Waals surface area contributed by atoms with Crippen LogP contribution in [0.2, 0.25) is 30.4 Å². The first-order valence-electron chi connectivity index (χ1n) is 7.46. The summed E-state index contributed by atoms with van der Waals surface area (Å²) in [7, 11) is 0. The predicted molar refractivity (Wildman–Crippen MR) is 119 cm³/mol. The van der Waals surface area contributed by atoms with E-state index < -0.39 is 11.8 Å². The highest BCUT2D eigenvalue weighted by molar-refractivity contribution is 6.46. The maximum absolute atomic E-state index is 12.2. The molecule has 2 heterocycles. The zero-order valence-corrected chi connectivity index (χ0v) is 19.1. The van der Waals surface area contributed by atoms with Crippen LogP contribution < -0.4 is 27.7 Å². The van der Waals surface area contributed by atoms with Gasteiger partial charge in [0.25, 0.3) is 11.8 Å². The monoisotopic (exact) mass is 532 g/mol. The summed E-state index contributed by atoms with van der Waals surface area (Å²) in [6.07, 6.45) is 0. The standard InChI is InChI=1S/C14H10Cl6N8O2/c1-2(25-27-13(29)9-3(15)7(21)5(17)11(19)23-9)26-28-14(30)10-4(16)8(22)6(18)12(20)24-10/h1H3,(H2,21,23)(H2,22,24)(H,25,26)(H,27,29)(H,28,30). The van der Waals surface area contributed by atoms with Crippen molar-refractivity contribution < 1.29 is 9.59 Å². The minimum atomic E-state index is -0.834. The van der Waals surface area contributed by atoms with Gasteiger partial charge in [-0.15, -0.1) is 0 Å². The number of nitrogens with two attached hydrogens (primary N) is 2. The number of hydrazone groups is 1. The summed E-state index contributed by atoms with van der Waals surface area (Å²) >= 11 is 35.1. The van der Waals surface area contributed by atoms with Gasteiger partial charge >= 0.3 is 0 Å². The van der Waals surface area contributed by atoms with Gasteiger partial charge in [-0.25, -0.2) is 15.4 Å². The average Bonchev–Trinajstić information content (AvgIpc) is 2.72. The van der Waals surface area contributed by atoms with Gasteiger partial charge in [-0.2, -0.15) is 5.10 Å². The van der Waals surface area contributed by atoms with E-state index in [-0.39, 0.29) is 59.0 Å². The number of nitrogens with one attached hydrogen (secondary N) is 3. The van der Waals surface area contributed by atoms with E-state index in [2.05, 4.69) is 31.3 Å². The van der Waals surface area contributed by atoms with E-state index in [0.717, 1.165) is 0 Å². The molecular weight excluding hydrogens is 525 g/mol. The van der Waals surface area contributed by atoms with Gasteiger partial charge in [0.1, 0.15) is 15.9 Å². The number of carbonyl (C=O) groups excluding carboxylic acids is 2. The van der Waals surface area contributed by atoms with Crippen LogP contribution in [0.25, 0.3) is 0 Å². The summed E-state index contributed by atoms with van der Waals surface area (Å²) in [4.78, 5) is 31.9. The number of pyridine rings is 2. The molecule has 0 aliphatic rings. The van der Waals surface area contributed by atoms with Crippen LogP contribution in [0.4, 0.5) is 11.4 Å². The molecular formula is C14H10Cl6N8O2. The Hall–Kier alpha value is -1.95. The number of aromatic nitrogens is 2. The van der Waals surface area contributed by atoms with Crippen molar-refractivity contribution in [1.29, 1.82) is 0 Å². The molecule has 0 spiro atoms. The summed E-state index contributed by atoms with van der Waals surface area (Å²) in [5.41, 5.74) is 17.3. The van der Waals surface area contributed by atoms with Crippen molar-refractivity contribution in [1.82, 2.24) is 26.2 Å². The van der Waals surface area contributed by atoms with Gasteiger partial charge in [0.2, 0.25) is 0 Å². The highest BCUT2D eigenvalue weighted by Gasteiger charge is 2.21. The maximum atomic E-state index is 12.2. The third kappa shape index (κ3) is 5.20. The Morgan fingerprint density at radius 1 is 0.767 bits per heavy atom. The van der Waals surface area contributed by atoms with Crippen LogP contribution in [0.15, 0.2) is 5.10 Å². The van der Waals surface area contributed by atoms with Gasteiger partial charge in [-0.1, -0.05) is 69.6 Å². The summed E-state index contributed by atoms with van der Waals surface area (Å²) < 4.78 is 0. The second-order valence-corrected chi connectivity index (χ2v) is 7.53. The number of halogens is 6. The van der Waals surface area contributed by atoms with Crippen molar-refractivity contribution in [3.8, 4) is 0 Å². The quantitative estimate of drug-likeness (QED) is 0.174. The highest BCUT2D eigenvalue weighted by Crippen LogP contribution is 2.35. The number of hydrazine groups is 1. The molecule has 16 heteroatoms. The van der Waals surface area contributed by atoms with E-state index in [0.29, 0.717) is 0 Å². The molecule has 0 fully saturated rings. The first-order valence-corrected chi connectivity index (χ1v) is 9.73. The Morgan fingerprint density at radius 2 is 1.20 bits per heavy atom. The third-order valence-corrected chi connectivity index (χ3v) is 5.53. The SMILES string of the molecule is C/C(=N/NC(=O)c1nc(Cl)c(Cl)c(N)c1Cl)NNC(=O)c1nc(Cl)c(Cl)c(N)c1Cl. The molecule has 2 aromatic rings. The second-order valence-electron chi connectivity index (χ2n) is 5.30. The van der Waals surface area contributed by atoms with Gasteiger partial charge < -0.3 is 11.5 Å². The fraction of sp³-hybridized carbons (Fsp3) is 0.0714. The summed E-state index contributed by atoms with van der Waals surface area (Å²) in [5, 5.41) is 2.74. The van der Waals surface area contributed by atoms with E-state index in [1.807, 2.05) is 0 Å². The normalized spacial score (nSPS) is 11.2. The Bertz CT molecular complexity index is 1080. The predicted octanol–water partition coefficient (Wildman–Crippen LogP) is 3.56. The van der Waals surface area contributed by atoms with Gasteiger partial charge in [0, 0.05) is 0 Å². The van der Waals surface area contributed by atoms with Crippen molar-refractivity contribution in [2.24, 2.45) is 5.10 Å². The molecule has 0 aliphatic carbocycles. The molecule has 2 aromatic heterocycles. The van der Waals surface area contributed by atoms with Crippen LogP contribution in [-0.2, 0) is 0 Å². The molecule has 0 aromatic carbocycles. The number of nitrogen functional groups attached to an aromatic ring is 2. The highest BCUT2D eigenvalue weighted by atomic mass is 35.5. The van der Waals surface area contributed by atoms with E-state index in [9.17, 15) is 9.59 Å². The molecule has 30 heavy (non-hydrogen) atoms. The largest absolute Gasteiger partial charge is 0.396 e. The Kier molecular flexibility index (Phi) is 8.03. The first-order chi connectivity index (χ1) is 14.0. The van der Waals surface area contributed by atoms with Crippen LogP contribution in [0, 0.1) is 0 Å². The summed E-state index contributed by atoms with van der Waals surface area (Å²) in [6, 6.07) is 0. The zero-order valence-electron chi connectivity index (χ0n) is 14.6. The van der Waals surface area contributed by atoms with Crippen molar-refractivity contribution in [2.75, 3.05) is 11.5 Å². The van der Waals surface area contributed by atoms with E-state index in [4.69, 9.17) is 81.1 Å². The topological polar surface area (TPSA) is 160 Å². The summed E-state index contributed by atoms with van der Waals surface area (Å²) in [5.74, 6) is -1.59. The number of rotatable bonds is 3. The maximum Gasteiger partial charge on any atom is 0.291 e. The number of amides is 2. The fourth-order valence-corrected chi connectivity index (χ4v) is 2.97. The molecule has 2 rings (SSSR count). The molecule has 0 aliphatic heterocycles. The lowest BCUT2D eigenvalue weighted by Gasteiger charge is -2.11. The number of anilines is 2. The zero-order chi connectivity index (χ0) is 22.7. The first kappa shape index (κ1) is 24.3. The minimum Gasteiger partial charge on any atom is -0.396 e. The molecule has 0 bridgehead atoms. The van der Waals surface area contributed by atoms with Crippen molar-refractivity contribution >= 4 is 98.6 Å². The number of hydrogen-bond donors (Lipinski definition) is 5. The van der Waals surface area contributed by atoms with Crippen molar-refractivity contribution in [3.63, 3.8) is 0 Å². The Balaban J connectivity index is 2.07. The Labute approximate surface area is 199 Å². The number of carbonyl (C=O) groups is 2. The number of nitrogens with zero attached hydrogens (tertiary/aromatic N) is 3. The van der Waals surface area contributed by atoms with E-state index in [1.165, 1.54) is 6.92 Å². The molecule has 7 N–H and O–H groups in total. The molecule has 2 amide bonds. The lowest BCUT2D eigenvalue weighted by atomic mass is 10.3. The molecule has 0 saturated heterocycles. The molecule has 0 saturated carbocycles. The lowest BCUT2D eigenvalue weighted by Crippen LogP contribution is -2.42. The smallest absolute Gasteiger partial charge is 0.291 e.